The molecule has 1 aromatic carbocycles. The second kappa shape index (κ2) is 5.65. The van der Waals surface area contributed by atoms with Crippen LogP contribution in [0.2, 0.25) is 0 Å². The normalized spacial score (nSPS) is 12.2. The quantitative estimate of drug-likeness (QED) is 0.895. The SMILES string of the molecule is CCOc1cncc(-c2cccc(C(C)N)c2)c1. The minimum atomic E-state index is 0.0352. The van der Waals surface area contributed by atoms with E-state index in [0.717, 1.165) is 22.4 Å². The third-order valence-electron chi connectivity index (χ3n) is 2.77. The number of rotatable bonds is 4. The van der Waals surface area contributed by atoms with Crippen LogP contribution in [0.1, 0.15) is 25.5 Å². The Kier molecular flexibility index (Phi) is 3.95. The molecule has 1 unspecified atom stereocenters. The zero-order valence-electron chi connectivity index (χ0n) is 10.8. The van der Waals surface area contributed by atoms with Crippen molar-refractivity contribution in [1.29, 1.82) is 0 Å². The van der Waals surface area contributed by atoms with E-state index in [0.29, 0.717) is 6.61 Å². The van der Waals surface area contributed by atoms with Gasteiger partial charge in [-0.3, -0.25) is 4.98 Å². The van der Waals surface area contributed by atoms with E-state index in [1.807, 2.05) is 38.2 Å². The van der Waals surface area contributed by atoms with Gasteiger partial charge in [-0.25, -0.2) is 0 Å². The maximum Gasteiger partial charge on any atom is 0.138 e. The third-order valence-corrected chi connectivity index (χ3v) is 2.77. The number of hydrogen-bond acceptors (Lipinski definition) is 3. The van der Waals surface area contributed by atoms with E-state index in [9.17, 15) is 0 Å². The fourth-order valence-corrected chi connectivity index (χ4v) is 1.82. The van der Waals surface area contributed by atoms with Gasteiger partial charge in [0.25, 0.3) is 0 Å². The van der Waals surface area contributed by atoms with Crippen LogP contribution in [0.5, 0.6) is 5.75 Å². The molecule has 0 saturated heterocycles. The van der Waals surface area contributed by atoms with E-state index in [2.05, 4.69) is 17.1 Å². The number of nitrogens with two attached hydrogens (primary N) is 1. The fourth-order valence-electron chi connectivity index (χ4n) is 1.82. The number of aromatic nitrogens is 1. The van der Waals surface area contributed by atoms with Gasteiger partial charge in [-0.1, -0.05) is 18.2 Å². The summed E-state index contributed by atoms with van der Waals surface area (Å²) in [7, 11) is 0. The molecule has 0 bridgehead atoms. The first-order valence-corrected chi connectivity index (χ1v) is 6.14. The molecule has 0 fully saturated rings. The molecule has 1 atom stereocenters. The Morgan fingerprint density at radius 1 is 1.22 bits per heavy atom. The molecule has 3 heteroatoms. The molecule has 18 heavy (non-hydrogen) atoms. The van der Waals surface area contributed by atoms with Gasteiger partial charge < -0.3 is 10.5 Å². The van der Waals surface area contributed by atoms with Crippen molar-refractivity contribution in [2.24, 2.45) is 5.73 Å². The summed E-state index contributed by atoms with van der Waals surface area (Å²) < 4.78 is 5.46. The lowest BCUT2D eigenvalue weighted by Crippen LogP contribution is -2.04. The molecule has 0 aliphatic heterocycles. The van der Waals surface area contributed by atoms with Crippen molar-refractivity contribution in [1.82, 2.24) is 4.98 Å². The van der Waals surface area contributed by atoms with Crippen LogP contribution in [-0.4, -0.2) is 11.6 Å². The highest BCUT2D eigenvalue weighted by atomic mass is 16.5. The van der Waals surface area contributed by atoms with Crippen molar-refractivity contribution < 1.29 is 4.74 Å². The van der Waals surface area contributed by atoms with Crippen molar-refractivity contribution in [3.8, 4) is 16.9 Å². The third kappa shape index (κ3) is 2.87. The molecule has 2 aromatic rings. The standard InChI is InChI=1S/C15H18N2O/c1-3-18-15-8-14(9-17-10-15)13-6-4-5-12(7-13)11(2)16/h4-11H,3,16H2,1-2H3. The Bertz CT molecular complexity index is 523. The number of hydrogen-bond donors (Lipinski definition) is 1. The Hall–Kier alpha value is -1.87. The second-order valence-electron chi connectivity index (χ2n) is 4.26. The summed E-state index contributed by atoms with van der Waals surface area (Å²) in [4.78, 5) is 4.20. The average molecular weight is 242 g/mol. The van der Waals surface area contributed by atoms with Gasteiger partial charge in [0.05, 0.1) is 12.8 Å². The highest BCUT2D eigenvalue weighted by molar-refractivity contribution is 5.64. The Balaban J connectivity index is 2.35. The number of ether oxygens (including phenoxy) is 1. The topological polar surface area (TPSA) is 48.1 Å². The molecule has 2 N–H and O–H groups in total. The van der Waals surface area contributed by atoms with Crippen molar-refractivity contribution in [3.05, 3.63) is 48.3 Å². The zero-order chi connectivity index (χ0) is 13.0. The fraction of sp³-hybridized carbons (Fsp3) is 0.267. The van der Waals surface area contributed by atoms with Crippen molar-refractivity contribution in [2.75, 3.05) is 6.61 Å². The summed E-state index contributed by atoms with van der Waals surface area (Å²) in [5.41, 5.74) is 9.17. The minimum Gasteiger partial charge on any atom is -0.492 e. The first-order valence-electron chi connectivity index (χ1n) is 6.14. The van der Waals surface area contributed by atoms with E-state index >= 15 is 0 Å². The van der Waals surface area contributed by atoms with Gasteiger partial charge in [0.1, 0.15) is 5.75 Å². The van der Waals surface area contributed by atoms with Crippen molar-refractivity contribution >= 4 is 0 Å². The van der Waals surface area contributed by atoms with Crippen LogP contribution in [0.3, 0.4) is 0 Å². The van der Waals surface area contributed by atoms with Crippen LogP contribution in [0, 0.1) is 0 Å². The van der Waals surface area contributed by atoms with E-state index in [1.54, 1.807) is 6.20 Å². The predicted molar refractivity (Wildman–Crippen MR) is 73.4 cm³/mol. The summed E-state index contributed by atoms with van der Waals surface area (Å²) in [5, 5.41) is 0. The first-order chi connectivity index (χ1) is 8.70. The van der Waals surface area contributed by atoms with Gasteiger partial charge in [0.2, 0.25) is 0 Å². The highest BCUT2D eigenvalue weighted by Crippen LogP contribution is 2.24. The van der Waals surface area contributed by atoms with Gasteiger partial charge in [-0.2, -0.15) is 0 Å². The lowest BCUT2D eigenvalue weighted by Gasteiger charge is -2.09. The van der Waals surface area contributed by atoms with E-state index in [-0.39, 0.29) is 6.04 Å². The molecule has 0 saturated carbocycles. The molecule has 0 amide bonds. The smallest absolute Gasteiger partial charge is 0.138 e. The summed E-state index contributed by atoms with van der Waals surface area (Å²) >= 11 is 0. The summed E-state index contributed by atoms with van der Waals surface area (Å²) in [6.45, 7) is 4.59. The maximum absolute atomic E-state index is 5.90. The summed E-state index contributed by atoms with van der Waals surface area (Å²) in [5.74, 6) is 0.793. The molecule has 0 radical (unpaired) electrons. The lowest BCUT2D eigenvalue weighted by molar-refractivity contribution is 0.339. The van der Waals surface area contributed by atoms with Gasteiger partial charge in [-0.15, -0.1) is 0 Å². The molecular formula is C15H18N2O. The molecule has 0 spiro atoms. The van der Waals surface area contributed by atoms with Crippen molar-refractivity contribution in [2.45, 2.75) is 19.9 Å². The van der Waals surface area contributed by atoms with E-state index in [4.69, 9.17) is 10.5 Å². The van der Waals surface area contributed by atoms with E-state index < -0.39 is 0 Å². The largest absolute Gasteiger partial charge is 0.492 e. The van der Waals surface area contributed by atoms with Crippen LogP contribution in [0.4, 0.5) is 0 Å². The Labute approximate surface area is 108 Å². The first kappa shape index (κ1) is 12.6. The minimum absolute atomic E-state index is 0.0352. The van der Waals surface area contributed by atoms with Crippen LogP contribution in [0.15, 0.2) is 42.7 Å². The molecule has 2 rings (SSSR count). The molecule has 1 aromatic heterocycles. The monoisotopic (exact) mass is 242 g/mol. The van der Waals surface area contributed by atoms with Gasteiger partial charge >= 0.3 is 0 Å². The Morgan fingerprint density at radius 3 is 2.78 bits per heavy atom. The molecule has 0 aliphatic carbocycles. The second-order valence-corrected chi connectivity index (χ2v) is 4.26. The molecule has 3 nitrogen and oxygen atoms in total. The molecular weight excluding hydrogens is 224 g/mol. The summed E-state index contributed by atoms with van der Waals surface area (Å²) in [6, 6.07) is 10.2. The number of pyridine rings is 1. The molecule has 94 valence electrons. The zero-order valence-corrected chi connectivity index (χ0v) is 10.8. The van der Waals surface area contributed by atoms with Crippen molar-refractivity contribution in [3.63, 3.8) is 0 Å². The Morgan fingerprint density at radius 2 is 2.06 bits per heavy atom. The van der Waals surface area contributed by atoms with Crippen LogP contribution in [0.25, 0.3) is 11.1 Å². The van der Waals surface area contributed by atoms with Crippen LogP contribution < -0.4 is 10.5 Å². The molecule has 0 aliphatic rings. The lowest BCUT2D eigenvalue weighted by atomic mass is 10.0. The van der Waals surface area contributed by atoms with Crippen LogP contribution in [-0.2, 0) is 0 Å². The highest BCUT2D eigenvalue weighted by Gasteiger charge is 2.04. The number of nitrogens with zero attached hydrogens (tertiary/aromatic N) is 1. The van der Waals surface area contributed by atoms with Gasteiger partial charge in [0, 0.05) is 17.8 Å². The van der Waals surface area contributed by atoms with Crippen LogP contribution >= 0.6 is 0 Å². The maximum atomic E-state index is 5.90. The average Bonchev–Trinajstić information content (AvgIpc) is 2.39. The van der Waals surface area contributed by atoms with E-state index in [1.165, 1.54) is 0 Å². The van der Waals surface area contributed by atoms with Gasteiger partial charge in [-0.05, 0) is 37.1 Å². The van der Waals surface area contributed by atoms with Gasteiger partial charge in [0.15, 0.2) is 0 Å². The summed E-state index contributed by atoms with van der Waals surface area (Å²) in [6.07, 6.45) is 3.56. The molecule has 1 heterocycles. The number of benzene rings is 1. The predicted octanol–water partition coefficient (Wildman–Crippen LogP) is 3.17.